The number of rotatable bonds is 1. The number of halogens is 2. The molecule has 0 bridgehead atoms. The van der Waals surface area contributed by atoms with E-state index in [1.807, 2.05) is 0 Å². The molecule has 4 nitrogen and oxygen atoms in total. The van der Waals surface area contributed by atoms with Gasteiger partial charge in [-0.05, 0) is 34.1 Å². The zero-order valence-electron chi connectivity index (χ0n) is 8.17. The van der Waals surface area contributed by atoms with Gasteiger partial charge in [-0.2, -0.15) is 0 Å². The van der Waals surface area contributed by atoms with Crippen LogP contribution in [0.2, 0.25) is 0 Å². The number of amides is 2. The van der Waals surface area contributed by atoms with E-state index in [9.17, 15) is 14.0 Å². The van der Waals surface area contributed by atoms with Gasteiger partial charge in [-0.1, -0.05) is 0 Å². The molecule has 16 heavy (non-hydrogen) atoms. The Balaban J connectivity index is 2.26. The summed E-state index contributed by atoms with van der Waals surface area (Å²) in [6.45, 7) is 0.125. The molecule has 1 heterocycles. The highest BCUT2D eigenvalue weighted by atomic mass is 79.9. The number of imide groups is 1. The summed E-state index contributed by atoms with van der Waals surface area (Å²) >= 11 is 3.04. The van der Waals surface area contributed by atoms with Crippen molar-refractivity contribution in [3.8, 4) is 0 Å². The third-order valence-electron chi connectivity index (χ3n) is 2.22. The Morgan fingerprint density at radius 3 is 2.44 bits per heavy atom. The number of nitrogens with zero attached hydrogens (tertiary/aromatic N) is 1. The standard InChI is InChI=1S/C10H8BrFN2O2/c11-7-2-1-6(3-8(7)12)14-4-9(15)13-10(16)5-14/h1-3H,4-5H2,(H,13,15,16). The fourth-order valence-corrected chi connectivity index (χ4v) is 1.75. The highest BCUT2D eigenvalue weighted by molar-refractivity contribution is 9.10. The number of benzene rings is 1. The molecule has 1 N–H and O–H groups in total. The summed E-state index contributed by atoms with van der Waals surface area (Å²) in [7, 11) is 0. The van der Waals surface area contributed by atoms with Crippen LogP contribution in [0.25, 0.3) is 0 Å². The molecule has 2 rings (SSSR count). The van der Waals surface area contributed by atoms with Crippen LogP contribution in [0.1, 0.15) is 0 Å². The number of nitrogens with one attached hydrogen (secondary N) is 1. The van der Waals surface area contributed by atoms with Crippen molar-refractivity contribution in [1.82, 2.24) is 5.32 Å². The van der Waals surface area contributed by atoms with Crippen molar-refractivity contribution in [3.05, 3.63) is 28.5 Å². The van der Waals surface area contributed by atoms with Gasteiger partial charge in [0.15, 0.2) is 0 Å². The highest BCUT2D eigenvalue weighted by Crippen LogP contribution is 2.22. The largest absolute Gasteiger partial charge is 0.353 e. The Hall–Kier alpha value is -1.43. The molecule has 0 saturated carbocycles. The van der Waals surface area contributed by atoms with E-state index < -0.39 is 5.82 Å². The van der Waals surface area contributed by atoms with Crippen LogP contribution < -0.4 is 10.2 Å². The summed E-state index contributed by atoms with van der Waals surface area (Å²) in [5.41, 5.74) is 0.518. The summed E-state index contributed by atoms with van der Waals surface area (Å²) in [6, 6.07) is 4.48. The van der Waals surface area contributed by atoms with E-state index in [1.165, 1.54) is 11.0 Å². The second kappa shape index (κ2) is 4.21. The Kier molecular flexibility index (Phi) is 2.91. The first kappa shape index (κ1) is 11.1. The fourth-order valence-electron chi connectivity index (χ4n) is 1.50. The molecule has 1 aromatic carbocycles. The maximum Gasteiger partial charge on any atom is 0.246 e. The van der Waals surface area contributed by atoms with E-state index in [-0.39, 0.29) is 24.9 Å². The lowest BCUT2D eigenvalue weighted by Gasteiger charge is -2.27. The van der Waals surface area contributed by atoms with Crippen molar-refractivity contribution < 1.29 is 14.0 Å². The molecule has 0 unspecified atom stereocenters. The van der Waals surface area contributed by atoms with Gasteiger partial charge in [0.2, 0.25) is 11.8 Å². The van der Waals surface area contributed by atoms with Crippen LogP contribution in [0.15, 0.2) is 22.7 Å². The van der Waals surface area contributed by atoms with Crippen molar-refractivity contribution in [3.63, 3.8) is 0 Å². The molecule has 2 amide bonds. The van der Waals surface area contributed by atoms with Gasteiger partial charge in [-0.25, -0.2) is 4.39 Å². The number of carbonyl (C=O) groups excluding carboxylic acids is 2. The Morgan fingerprint density at radius 1 is 1.25 bits per heavy atom. The maximum absolute atomic E-state index is 13.3. The minimum Gasteiger partial charge on any atom is -0.353 e. The van der Waals surface area contributed by atoms with Crippen LogP contribution in [0.3, 0.4) is 0 Å². The third-order valence-corrected chi connectivity index (χ3v) is 2.86. The summed E-state index contributed by atoms with van der Waals surface area (Å²) in [5.74, 6) is -1.17. The van der Waals surface area contributed by atoms with Crippen LogP contribution in [-0.4, -0.2) is 24.9 Å². The second-order valence-electron chi connectivity index (χ2n) is 3.43. The summed E-state index contributed by atoms with van der Waals surface area (Å²) in [5, 5.41) is 2.18. The first-order valence-electron chi connectivity index (χ1n) is 4.59. The van der Waals surface area contributed by atoms with E-state index in [4.69, 9.17) is 0 Å². The lowest BCUT2D eigenvalue weighted by molar-refractivity contribution is -0.130. The molecular formula is C10H8BrFN2O2. The van der Waals surface area contributed by atoms with Crippen molar-refractivity contribution in [2.24, 2.45) is 0 Å². The lowest BCUT2D eigenvalue weighted by Crippen LogP contribution is -2.51. The van der Waals surface area contributed by atoms with Gasteiger partial charge < -0.3 is 4.90 Å². The Labute approximate surface area is 99.6 Å². The van der Waals surface area contributed by atoms with Gasteiger partial charge in [0.25, 0.3) is 0 Å². The third kappa shape index (κ3) is 2.21. The monoisotopic (exact) mass is 286 g/mol. The summed E-state index contributed by atoms with van der Waals surface area (Å²) in [6.07, 6.45) is 0. The van der Waals surface area contributed by atoms with Crippen LogP contribution in [0, 0.1) is 5.82 Å². The number of carbonyl (C=O) groups is 2. The number of hydrogen-bond acceptors (Lipinski definition) is 3. The molecule has 6 heteroatoms. The van der Waals surface area contributed by atoms with Crippen molar-refractivity contribution in [2.75, 3.05) is 18.0 Å². The van der Waals surface area contributed by atoms with Gasteiger partial charge in [0, 0.05) is 5.69 Å². The first-order valence-corrected chi connectivity index (χ1v) is 5.38. The molecule has 0 spiro atoms. The number of piperazine rings is 1. The molecule has 0 atom stereocenters. The molecular weight excluding hydrogens is 279 g/mol. The molecule has 1 aromatic rings. The number of anilines is 1. The van der Waals surface area contributed by atoms with Gasteiger partial charge in [-0.15, -0.1) is 0 Å². The predicted molar refractivity (Wildman–Crippen MR) is 59.5 cm³/mol. The van der Waals surface area contributed by atoms with E-state index in [2.05, 4.69) is 21.2 Å². The van der Waals surface area contributed by atoms with Crippen molar-refractivity contribution >= 4 is 33.4 Å². The molecule has 1 fully saturated rings. The van der Waals surface area contributed by atoms with Gasteiger partial charge in [0.05, 0.1) is 17.6 Å². The lowest BCUT2D eigenvalue weighted by atomic mass is 10.2. The van der Waals surface area contributed by atoms with Crippen LogP contribution in [-0.2, 0) is 9.59 Å². The maximum atomic E-state index is 13.3. The smallest absolute Gasteiger partial charge is 0.246 e. The van der Waals surface area contributed by atoms with Gasteiger partial charge in [-0.3, -0.25) is 14.9 Å². The van der Waals surface area contributed by atoms with E-state index >= 15 is 0 Å². The Morgan fingerprint density at radius 2 is 1.88 bits per heavy atom. The zero-order chi connectivity index (χ0) is 11.7. The normalized spacial score (nSPS) is 16.2. The SMILES string of the molecule is O=C1CN(c2ccc(Br)c(F)c2)CC(=O)N1. The average Bonchev–Trinajstić information content (AvgIpc) is 2.20. The first-order chi connectivity index (χ1) is 7.56. The van der Waals surface area contributed by atoms with E-state index in [0.717, 1.165) is 0 Å². The molecule has 1 saturated heterocycles. The minimum atomic E-state index is -0.420. The average molecular weight is 287 g/mol. The van der Waals surface area contributed by atoms with Crippen LogP contribution in [0.4, 0.5) is 10.1 Å². The molecule has 1 aliphatic rings. The molecule has 84 valence electrons. The molecule has 0 radical (unpaired) electrons. The quantitative estimate of drug-likeness (QED) is 0.785. The van der Waals surface area contributed by atoms with Crippen LogP contribution in [0.5, 0.6) is 0 Å². The predicted octanol–water partition coefficient (Wildman–Crippen LogP) is 1.05. The van der Waals surface area contributed by atoms with E-state index in [0.29, 0.717) is 10.2 Å². The van der Waals surface area contributed by atoms with Crippen molar-refractivity contribution in [1.29, 1.82) is 0 Å². The fraction of sp³-hybridized carbons (Fsp3) is 0.200. The summed E-state index contributed by atoms with van der Waals surface area (Å²) in [4.78, 5) is 23.8. The minimum absolute atomic E-state index is 0.0623. The number of hydrogen-bond donors (Lipinski definition) is 1. The van der Waals surface area contributed by atoms with E-state index in [1.54, 1.807) is 12.1 Å². The molecule has 1 aliphatic heterocycles. The highest BCUT2D eigenvalue weighted by Gasteiger charge is 2.22. The van der Waals surface area contributed by atoms with Gasteiger partial charge in [0.1, 0.15) is 5.82 Å². The topological polar surface area (TPSA) is 49.4 Å². The van der Waals surface area contributed by atoms with Gasteiger partial charge >= 0.3 is 0 Å². The van der Waals surface area contributed by atoms with Crippen molar-refractivity contribution in [2.45, 2.75) is 0 Å². The second-order valence-corrected chi connectivity index (χ2v) is 4.28. The summed E-state index contributed by atoms with van der Waals surface area (Å²) < 4.78 is 13.6. The Bertz CT molecular complexity index is 448. The van der Waals surface area contributed by atoms with Crippen LogP contribution >= 0.6 is 15.9 Å². The molecule has 0 aliphatic carbocycles. The molecule has 0 aromatic heterocycles. The zero-order valence-corrected chi connectivity index (χ0v) is 9.75.